The van der Waals surface area contributed by atoms with E-state index in [9.17, 15) is 4.79 Å². The summed E-state index contributed by atoms with van der Waals surface area (Å²) in [5, 5.41) is 0. The van der Waals surface area contributed by atoms with Crippen LogP contribution in [0, 0.1) is 0 Å². The Kier molecular flexibility index (Phi) is 5.51. The van der Waals surface area contributed by atoms with Crippen molar-refractivity contribution >= 4 is 5.91 Å². The molecule has 1 fully saturated rings. The monoisotopic (exact) mass is 338 g/mol. The van der Waals surface area contributed by atoms with Crippen molar-refractivity contribution in [1.82, 2.24) is 4.90 Å². The Labute approximate surface area is 149 Å². The number of benzene rings is 2. The minimum absolute atomic E-state index is 0.0231. The molecule has 1 saturated heterocycles. The van der Waals surface area contributed by atoms with Crippen LogP contribution in [-0.2, 0) is 11.3 Å². The molecular formula is C21H26N2O2. The molecule has 1 aliphatic heterocycles. The van der Waals surface area contributed by atoms with Crippen molar-refractivity contribution in [3.8, 4) is 0 Å². The number of hydrogen-bond acceptors (Lipinski definition) is 3. The average Bonchev–Trinajstić information content (AvgIpc) is 3.02. The maximum absolute atomic E-state index is 12.8. The molecular weight excluding hydrogens is 312 g/mol. The zero-order valence-electron chi connectivity index (χ0n) is 14.9. The lowest BCUT2D eigenvalue weighted by atomic mass is 9.95. The van der Waals surface area contributed by atoms with Crippen LogP contribution in [0.15, 0.2) is 54.6 Å². The quantitative estimate of drug-likeness (QED) is 0.911. The van der Waals surface area contributed by atoms with Crippen LogP contribution in [0.4, 0.5) is 0 Å². The summed E-state index contributed by atoms with van der Waals surface area (Å²) in [7, 11) is 0. The highest BCUT2D eigenvalue weighted by Gasteiger charge is 2.34. The van der Waals surface area contributed by atoms with Crippen LogP contribution < -0.4 is 5.73 Å². The Morgan fingerprint density at radius 1 is 1.12 bits per heavy atom. The number of likely N-dealkylation sites (tertiary alicyclic amines) is 1. The van der Waals surface area contributed by atoms with Gasteiger partial charge in [-0.1, -0.05) is 42.5 Å². The van der Waals surface area contributed by atoms with Crippen molar-refractivity contribution in [2.45, 2.75) is 38.5 Å². The molecule has 0 aliphatic carbocycles. The summed E-state index contributed by atoms with van der Waals surface area (Å²) in [6.07, 6.45) is 0.197. The van der Waals surface area contributed by atoms with Gasteiger partial charge in [-0.15, -0.1) is 0 Å². The van der Waals surface area contributed by atoms with Crippen molar-refractivity contribution in [1.29, 1.82) is 0 Å². The second-order valence-corrected chi connectivity index (χ2v) is 6.95. The SMILES string of the molecule is CC(C)OCc1ccc(C(=O)N2C[C@@H](N)[C@H](c3ccccc3)C2)cc1. The molecule has 0 aromatic heterocycles. The highest BCUT2D eigenvalue weighted by atomic mass is 16.5. The summed E-state index contributed by atoms with van der Waals surface area (Å²) in [6.45, 7) is 5.85. The molecule has 2 atom stereocenters. The molecule has 4 nitrogen and oxygen atoms in total. The molecule has 2 aromatic rings. The van der Waals surface area contributed by atoms with Crippen molar-refractivity contribution < 1.29 is 9.53 Å². The molecule has 1 amide bonds. The highest BCUT2D eigenvalue weighted by Crippen LogP contribution is 2.27. The van der Waals surface area contributed by atoms with E-state index in [1.165, 1.54) is 5.56 Å². The van der Waals surface area contributed by atoms with E-state index in [1.54, 1.807) is 0 Å². The van der Waals surface area contributed by atoms with Crippen LogP contribution >= 0.6 is 0 Å². The number of nitrogens with zero attached hydrogens (tertiary/aromatic N) is 1. The smallest absolute Gasteiger partial charge is 0.253 e. The van der Waals surface area contributed by atoms with Gasteiger partial charge in [0.25, 0.3) is 5.91 Å². The molecule has 0 saturated carbocycles. The topological polar surface area (TPSA) is 55.6 Å². The van der Waals surface area contributed by atoms with Crippen LogP contribution in [0.2, 0.25) is 0 Å². The number of carbonyl (C=O) groups excluding carboxylic acids is 1. The summed E-state index contributed by atoms with van der Waals surface area (Å²) in [5.41, 5.74) is 9.28. The first-order chi connectivity index (χ1) is 12.0. The van der Waals surface area contributed by atoms with Crippen LogP contribution in [0.3, 0.4) is 0 Å². The van der Waals surface area contributed by atoms with E-state index in [0.717, 1.165) is 5.56 Å². The van der Waals surface area contributed by atoms with Gasteiger partial charge < -0.3 is 15.4 Å². The molecule has 0 radical (unpaired) electrons. The third-order valence-electron chi connectivity index (χ3n) is 4.66. The van der Waals surface area contributed by atoms with Crippen LogP contribution in [0.5, 0.6) is 0 Å². The van der Waals surface area contributed by atoms with Crippen LogP contribution in [0.1, 0.15) is 41.3 Å². The van der Waals surface area contributed by atoms with Crippen molar-refractivity contribution in [3.05, 3.63) is 71.3 Å². The van der Waals surface area contributed by atoms with Gasteiger partial charge in [-0.2, -0.15) is 0 Å². The minimum atomic E-state index is -0.0231. The molecule has 0 bridgehead atoms. The van der Waals surface area contributed by atoms with E-state index >= 15 is 0 Å². The minimum Gasteiger partial charge on any atom is -0.374 e. The number of nitrogens with two attached hydrogens (primary N) is 1. The van der Waals surface area contributed by atoms with Crippen molar-refractivity contribution in [2.75, 3.05) is 13.1 Å². The summed E-state index contributed by atoms with van der Waals surface area (Å²) < 4.78 is 5.59. The first kappa shape index (κ1) is 17.6. The van der Waals surface area contributed by atoms with Gasteiger partial charge in [0.15, 0.2) is 0 Å². The fourth-order valence-corrected chi connectivity index (χ4v) is 3.24. The second kappa shape index (κ2) is 7.81. The first-order valence-corrected chi connectivity index (χ1v) is 8.85. The zero-order valence-corrected chi connectivity index (χ0v) is 14.9. The summed E-state index contributed by atoms with van der Waals surface area (Å²) in [5.74, 6) is 0.245. The fourth-order valence-electron chi connectivity index (χ4n) is 3.24. The van der Waals surface area contributed by atoms with E-state index in [-0.39, 0.29) is 24.0 Å². The number of hydrogen-bond donors (Lipinski definition) is 1. The van der Waals surface area contributed by atoms with Gasteiger partial charge in [0.2, 0.25) is 0 Å². The first-order valence-electron chi connectivity index (χ1n) is 8.85. The van der Waals surface area contributed by atoms with Gasteiger partial charge >= 0.3 is 0 Å². The maximum atomic E-state index is 12.8. The molecule has 3 rings (SSSR count). The predicted molar refractivity (Wildman–Crippen MR) is 99.4 cm³/mol. The molecule has 0 spiro atoms. The van der Waals surface area contributed by atoms with Crippen molar-refractivity contribution in [2.24, 2.45) is 5.73 Å². The van der Waals surface area contributed by atoms with Gasteiger partial charge in [-0.3, -0.25) is 4.79 Å². The van der Waals surface area contributed by atoms with Crippen LogP contribution in [-0.4, -0.2) is 36.0 Å². The lowest BCUT2D eigenvalue weighted by molar-refractivity contribution is 0.0656. The molecule has 1 aliphatic rings. The van der Waals surface area contributed by atoms with E-state index in [4.69, 9.17) is 10.5 Å². The van der Waals surface area contributed by atoms with Gasteiger partial charge in [0.05, 0.1) is 12.7 Å². The fraction of sp³-hybridized carbons (Fsp3) is 0.381. The van der Waals surface area contributed by atoms with E-state index < -0.39 is 0 Å². The number of carbonyl (C=O) groups is 1. The summed E-state index contributed by atoms with van der Waals surface area (Å²) in [6, 6.07) is 17.9. The Bertz CT molecular complexity index is 698. The molecule has 1 heterocycles. The predicted octanol–water partition coefficient (Wildman–Crippen LogP) is 3.18. The third-order valence-corrected chi connectivity index (χ3v) is 4.66. The number of ether oxygens (including phenoxy) is 1. The van der Waals surface area contributed by atoms with E-state index in [0.29, 0.717) is 25.3 Å². The van der Waals surface area contributed by atoms with Gasteiger partial charge in [0.1, 0.15) is 0 Å². The summed E-state index contributed by atoms with van der Waals surface area (Å²) in [4.78, 5) is 14.6. The van der Waals surface area contributed by atoms with Gasteiger partial charge in [0, 0.05) is 30.6 Å². The summed E-state index contributed by atoms with van der Waals surface area (Å²) >= 11 is 0. The Morgan fingerprint density at radius 3 is 2.44 bits per heavy atom. The zero-order chi connectivity index (χ0) is 17.8. The molecule has 2 N–H and O–H groups in total. The lowest BCUT2D eigenvalue weighted by Crippen LogP contribution is -2.32. The Morgan fingerprint density at radius 2 is 1.80 bits per heavy atom. The van der Waals surface area contributed by atoms with E-state index in [2.05, 4.69) is 12.1 Å². The normalized spacial score (nSPS) is 20.2. The standard InChI is InChI=1S/C21H26N2O2/c1-15(2)25-14-16-8-10-18(11-9-16)21(24)23-12-19(20(22)13-23)17-6-4-3-5-7-17/h3-11,15,19-20H,12-14,22H2,1-2H3/t19-,20+/m0/s1. The van der Waals surface area contributed by atoms with Crippen molar-refractivity contribution in [3.63, 3.8) is 0 Å². The largest absolute Gasteiger partial charge is 0.374 e. The lowest BCUT2D eigenvalue weighted by Gasteiger charge is -2.17. The average molecular weight is 338 g/mol. The van der Waals surface area contributed by atoms with Gasteiger partial charge in [-0.05, 0) is 37.1 Å². The molecule has 0 unspecified atom stereocenters. The Balaban J connectivity index is 1.65. The maximum Gasteiger partial charge on any atom is 0.253 e. The Hall–Kier alpha value is -2.17. The molecule has 4 heteroatoms. The highest BCUT2D eigenvalue weighted by molar-refractivity contribution is 5.94. The molecule has 25 heavy (non-hydrogen) atoms. The third kappa shape index (κ3) is 4.27. The van der Waals surface area contributed by atoms with Crippen LogP contribution in [0.25, 0.3) is 0 Å². The second-order valence-electron chi connectivity index (χ2n) is 6.95. The van der Waals surface area contributed by atoms with E-state index in [1.807, 2.05) is 61.2 Å². The molecule has 132 valence electrons. The number of rotatable bonds is 5. The van der Waals surface area contributed by atoms with Gasteiger partial charge in [-0.25, -0.2) is 0 Å². The molecule has 2 aromatic carbocycles. The number of amides is 1.